The molecule has 6 nitrogen and oxygen atoms in total. The van der Waals surface area contributed by atoms with Gasteiger partial charge in [0.15, 0.2) is 0 Å². The molecule has 0 aliphatic heterocycles. The maximum atomic E-state index is 13.3. The second-order valence-electron chi connectivity index (χ2n) is 7.71. The van der Waals surface area contributed by atoms with Gasteiger partial charge in [0.05, 0.1) is 17.5 Å². The predicted octanol–water partition coefficient (Wildman–Crippen LogP) is 4.49. The standard InChI is InChI=1S/C26H25N3O3/c1-19-27-23-18-21(12-13-24(23)29(19)22-10-6-3-7-11-22)26(32)28(17-15-25(30)31)16-14-20-8-4-2-5-9-20/h2-13,18H,14-17H2,1H3,(H,30,31). The highest BCUT2D eigenvalue weighted by molar-refractivity contribution is 5.97. The zero-order valence-corrected chi connectivity index (χ0v) is 17.9. The Morgan fingerprint density at radius 2 is 1.62 bits per heavy atom. The van der Waals surface area contributed by atoms with Crippen molar-refractivity contribution in [1.82, 2.24) is 14.5 Å². The Labute approximate surface area is 186 Å². The summed E-state index contributed by atoms with van der Waals surface area (Å²) in [7, 11) is 0. The minimum Gasteiger partial charge on any atom is -0.481 e. The number of carboxylic acid groups (broad SMARTS) is 1. The van der Waals surface area contributed by atoms with Gasteiger partial charge in [0, 0.05) is 24.3 Å². The number of rotatable bonds is 8. The summed E-state index contributed by atoms with van der Waals surface area (Å²) in [5.41, 5.74) is 4.28. The van der Waals surface area contributed by atoms with Crippen molar-refractivity contribution in [3.63, 3.8) is 0 Å². The summed E-state index contributed by atoms with van der Waals surface area (Å²) in [5.74, 6) is -0.270. The van der Waals surface area contributed by atoms with Crippen molar-refractivity contribution in [1.29, 1.82) is 0 Å². The highest BCUT2D eigenvalue weighted by Gasteiger charge is 2.19. The fraction of sp³-hybridized carbons (Fsp3) is 0.192. The maximum absolute atomic E-state index is 13.3. The number of imidazole rings is 1. The average molecular weight is 428 g/mol. The molecule has 6 heteroatoms. The normalized spacial score (nSPS) is 10.9. The van der Waals surface area contributed by atoms with Crippen LogP contribution in [-0.4, -0.2) is 44.5 Å². The Bertz CT molecular complexity index is 1230. The van der Waals surface area contributed by atoms with Gasteiger partial charge in [-0.25, -0.2) is 4.98 Å². The molecule has 0 saturated heterocycles. The van der Waals surface area contributed by atoms with Crippen LogP contribution in [0.15, 0.2) is 78.9 Å². The van der Waals surface area contributed by atoms with Crippen LogP contribution in [-0.2, 0) is 11.2 Å². The molecular formula is C26H25N3O3. The second-order valence-corrected chi connectivity index (χ2v) is 7.71. The molecule has 162 valence electrons. The summed E-state index contributed by atoms with van der Waals surface area (Å²) in [6, 6.07) is 25.3. The van der Waals surface area contributed by atoms with E-state index in [0.29, 0.717) is 18.5 Å². The molecule has 1 N–H and O–H groups in total. The molecule has 4 rings (SSSR count). The van der Waals surface area contributed by atoms with Gasteiger partial charge in [0.2, 0.25) is 0 Å². The minimum absolute atomic E-state index is 0.0927. The van der Waals surface area contributed by atoms with Crippen LogP contribution in [0.2, 0.25) is 0 Å². The molecule has 0 aliphatic carbocycles. The van der Waals surface area contributed by atoms with E-state index in [2.05, 4.69) is 9.55 Å². The first kappa shape index (κ1) is 21.3. The van der Waals surface area contributed by atoms with E-state index in [1.54, 1.807) is 17.0 Å². The number of aliphatic carboxylic acids is 1. The average Bonchev–Trinajstić information content (AvgIpc) is 3.14. The van der Waals surface area contributed by atoms with Crippen LogP contribution in [0.25, 0.3) is 16.7 Å². The molecular weight excluding hydrogens is 402 g/mol. The Morgan fingerprint density at radius 1 is 0.938 bits per heavy atom. The maximum Gasteiger partial charge on any atom is 0.305 e. The summed E-state index contributed by atoms with van der Waals surface area (Å²) >= 11 is 0. The van der Waals surface area contributed by atoms with E-state index in [1.807, 2.05) is 73.7 Å². The van der Waals surface area contributed by atoms with Crippen LogP contribution >= 0.6 is 0 Å². The van der Waals surface area contributed by atoms with E-state index in [9.17, 15) is 9.59 Å². The van der Waals surface area contributed by atoms with Crippen LogP contribution in [0, 0.1) is 6.92 Å². The topological polar surface area (TPSA) is 75.4 Å². The number of carbonyl (C=O) groups is 2. The van der Waals surface area contributed by atoms with Crippen LogP contribution < -0.4 is 0 Å². The third kappa shape index (κ3) is 4.70. The summed E-state index contributed by atoms with van der Waals surface area (Å²) in [6.07, 6.45) is 0.570. The van der Waals surface area contributed by atoms with E-state index < -0.39 is 5.97 Å². The lowest BCUT2D eigenvalue weighted by Gasteiger charge is -2.22. The van der Waals surface area contributed by atoms with E-state index in [0.717, 1.165) is 28.1 Å². The Balaban J connectivity index is 1.61. The number of hydrogen-bond donors (Lipinski definition) is 1. The largest absolute Gasteiger partial charge is 0.481 e. The molecule has 0 saturated carbocycles. The number of carbonyl (C=O) groups excluding carboxylic acids is 1. The van der Waals surface area contributed by atoms with Crippen LogP contribution in [0.5, 0.6) is 0 Å². The van der Waals surface area contributed by atoms with E-state index in [-0.39, 0.29) is 18.9 Å². The van der Waals surface area contributed by atoms with Gasteiger partial charge in [0.25, 0.3) is 5.91 Å². The Kier molecular flexibility index (Phi) is 6.31. The van der Waals surface area contributed by atoms with Crippen molar-refractivity contribution in [2.75, 3.05) is 13.1 Å². The molecule has 0 atom stereocenters. The molecule has 0 aliphatic rings. The van der Waals surface area contributed by atoms with Gasteiger partial charge in [-0.1, -0.05) is 48.5 Å². The van der Waals surface area contributed by atoms with Crippen molar-refractivity contribution in [2.45, 2.75) is 19.8 Å². The number of nitrogens with zero attached hydrogens (tertiary/aromatic N) is 3. The van der Waals surface area contributed by atoms with Gasteiger partial charge in [-0.2, -0.15) is 0 Å². The number of carboxylic acids is 1. The van der Waals surface area contributed by atoms with Gasteiger partial charge in [0.1, 0.15) is 5.82 Å². The second kappa shape index (κ2) is 9.47. The first-order chi connectivity index (χ1) is 15.5. The summed E-state index contributed by atoms with van der Waals surface area (Å²) in [5, 5.41) is 9.13. The molecule has 4 aromatic rings. The molecule has 1 amide bonds. The first-order valence-electron chi connectivity index (χ1n) is 10.6. The van der Waals surface area contributed by atoms with Gasteiger partial charge in [-0.3, -0.25) is 14.2 Å². The van der Waals surface area contributed by atoms with Crippen molar-refractivity contribution in [3.8, 4) is 5.69 Å². The fourth-order valence-electron chi connectivity index (χ4n) is 3.87. The minimum atomic E-state index is -0.921. The smallest absolute Gasteiger partial charge is 0.305 e. The van der Waals surface area contributed by atoms with E-state index in [1.165, 1.54) is 0 Å². The van der Waals surface area contributed by atoms with Crippen molar-refractivity contribution < 1.29 is 14.7 Å². The monoisotopic (exact) mass is 427 g/mol. The molecule has 1 heterocycles. The van der Waals surface area contributed by atoms with Gasteiger partial charge < -0.3 is 10.0 Å². The van der Waals surface area contributed by atoms with Crippen molar-refractivity contribution in [2.24, 2.45) is 0 Å². The van der Waals surface area contributed by atoms with Crippen LogP contribution in [0.1, 0.15) is 28.2 Å². The number of aryl methyl sites for hydroxylation is 1. The number of fused-ring (bicyclic) bond motifs is 1. The lowest BCUT2D eigenvalue weighted by molar-refractivity contribution is -0.137. The highest BCUT2D eigenvalue weighted by Crippen LogP contribution is 2.23. The Morgan fingerprint density at radius 3 is 2.31 bits per heavy atom. The van der Waals surface area contributed by atoms with E-state index >= 15 is 0 Å². The number of para-hydroxylation sites is 1. The zero-order chi connectivity index (χ0) is 22.5. The lowest BCUT2D eigenvalue weighted by atomic mass is 10.1. The number of hydrogen-bond acceptors (Lipinski definition) is 3. The third-order valence-electron chi connectivity index (χ3n) is 5.48. The zero-order valence-electron chi connectivity index (χ0n) is 17.9. The quantitative estimate of drug-likeness (QED) is 0.449. The number of aromatic nitrogens is 2. The summed E-state index contributed by atoms with van der Waals surface area (Å²) < 4.78 is 2.06. The molecule has 0 spiro atoms. The SMILES string of the molecule is Cc1nc2cc(C(=O)N(CCC(=O)O)CCc3ccccc3)ccc2n1-c1ccccc1. The van der Waals surface area contributed by atoms with Crippen molar-refractivity contribution in [3.05, 3.63) is 95.8 Å². The highest BCUT2D eigenvalue weighted by atomic mass is 16.4. The van der Waals surface area contributed by atoms with Gasteiger partial charge >= 0.3 is 5.97 Å². The van der Waals surface area contributed by atoms with Crippen LogP contribution in [0.3, 0.4) is 0 Å². The molecule has 32 heavy (non-hydrogen) atoms. The third-order valence-corrected chi connectivity index (χ3v) is 5.48. The summed E-state index contributed by atoms with van der Waals surface area (Å²) in [4.78, 5) is 30.7. The van der Waals surface area contributed by atoms with E-state index in [4.69, 9.17) is 5.11 Å². The Hall–Kier alpha value is -3.93. The number of benzene rings is 3. The summed E-state index contributed by atoms with van der Waals surface area (Å²) in [6.45, 7) is 2.55. The van der Waals surface area contributed by atoms with Gasteiger partial charge in [-0.15, -0.1) is 0 Å². The molecule has 0 fully saturated rings. The molecule has 1 aromatic heterocycles. The molecule has 0 bridgehead atoms. The number of amides is 1. The predicted molar refractivity (Wildman–Crippen MR) is 124 cm³/mol. The lowest BCUT2D eigenvalue weighted by Crippen LogP contribution is -2.34. The fourth-order valence-corrected chi connectivity index (χ4v) is 3.87. The molecule has 0 unspecified atom stereocenters. The van der Waals surface area contributed by atoms with Crippen LogP contribution in [0.4, 0.5) is 0 Å². The van der Waals surface area contributed by atoms with Crippen molar-refractivity contribution >= 4 is 22.9 Å². The van der Waals surface area contributed by atoms with Gasteiger partial charge in [-0.05, 0) is 49.2 Å². The molecule has 0 radical (unpaired) electrons. The first-order valence-corrected chi connectivity index (χ1v) is 10.6. The molecule has 3 aromatic carbocycles.